The van der Waals surface area contributed by atoms with Gasteiger partial charge in [0.25, 0.3) is 10.1 Å². The molecule has 0 aromatic carbocycles. The number of nitrogens with zero attached hydrogens (tertiary/aromatic N) is 1. The van der Waals surface area contributed by atoms with Gasteiger partial charge in [-0.1, -0.05) is 71.1 Å². The van der Waals surface area contributed by atoms with Crippen molar-refractivity contribution in [2.45, 2.75) is 97.3 Å². The van der Waals surface area contributed by atoms with Gasteiger partial charge in [-0.3, -0.25) is 9.35 Å². The van der Waals surface area contributed by atoms with Crippen LogP contribution in [0.4, 0.5) is 0 Å². The molecule has 0 bridgehead atoms. The summed E-state index contributed by atoms with van der Waals surface area (Å²) in [5, 5.41) is 0. The third-order valence-electron chi connectivity index (χ3n) is 4.56. The van der Waals surface area contributed by atoms with Crippen molar-refractivity contribution in [1.82, 2.24) is 4.90 Å². The summed E-state index contributed by atoms with van der Waals surface area (Å²) < 4.78 is 30.1. The molecule has 0 unspecified atom stereocenters. The van der Waals surface area contributed by atoms with E-state index in [0.717, 1.165) is 12.8 Å². The van der Waals surface area contributed by atoms with Crippen LogP contribution in [0.25, 0.3) is 0 Å². The van der Waals surface area contributed by atoms with Crippen molar-refractivity contribution < 1.29 is 17.8 Å². The number of rotatable bonds is 17. The second-order valence-electron chi connectivity index (χ2n) is 6.90. The van der Waals surface area contributed by atoms with Gasteiger partial charge in [0.05, 0.1) is 5.75 Å². The lowest BCUT2D eigenvalue weighted by Gasteiger charge is -2.20. The monoisotopic (exact) mass is 377 g/mol. The summed E-state index contributed by atoms with van der Waals surface area (Å²) in [6.45, 7) is 5.12. The molecule has 0 aromatic heterocycles. The van der Waals surface area contributed by atoms with Crippen LogP contribution in [0.1, 0.15) is 97.3 Å². The lowest BCUT2D eigenvalue weighted by molar-refractivity contribution is -0.131. The molecule has 0 atom stereocenters. The van der Waals surface area contributed by atoms with E-state index in [0.29, 0.717) is 19.5 Å². The van der Waals surface area contributed by atoms with Crippen LogP contribution in [0.2, 0.25) is 0 Å². The minimum absolute atomic E-state index is 0.0914. The van der Waals surface area contributed by atoms with Gasteiger partial charge in [-0.25, -0.2) is 0 Å². The minimum atomic E-state index is -3.93. The van der Waals surface area contributed by atoms with E-state index in [1.807, 2.05) is 6.92 Å². The molecule has 150 valence electrons. The van der Waals surface area contributed by atoms with Crippen molar-refractivity contribution in [1.29, 1.82) is 0 Å². The predicted molar refractivity (Wildman–Crippen MR) is 104 cm³/mol. The Morgan fingerprint density at radius 3 is 1.72 bits per heavy atom. The number of carbonyl (C=O) groups is 1. The first kappa shape index (κ1) is 24.4. The molecule has 0 aliphatic carbocycles. The van der Waals surface area contributed by atoms with Gasteiger partial charge in [-0.05, 0) is 19.8 Å². The number of hydrogen-bond donors (Lipinski definition) is 1. The van der Waals surface area contributed by atoms with E-state index in [9.17, 15) is 13.2 Å². The molecule has 0 heterocycles. The lowest BCUT2D eigenvalue weighted by atomic mass is 10.1. The fourth-order valence-corrected chi connectivity index (χ4v) is 3.49. The zero-order valence-electron chi connectivity index (χ0n) is 16.3. The third-order valence-corrected chi connectivity index (χ3v) is 5.36. The molecule has 0 aliphatic rings. The summed E-state index contributed by atoms with van der Waals surface area (Å²) in [5.41, 5.74) is 0. The highest BCUT2D eigenvalue weighted by Gasteiger charge is 2.12. The summed E-state index contributed by atoms with van der Waals surface area (Å²) in [4.78, 5) is 13.8. The Hall–Kier alpha value is -0.620. The van der Waals surface area contributed by atoms with Gasteiger partial charge in [0.2, 0.25) is 5.91 Å². The van der Waals surface area contributed by atoms with Crippen molar-refractivity contribution in [3.05, 3.63) is 0 Å². The Balaban J connectivity index is 3.57. The maximum Gasteiger partial charge on any atom is 0.264 e. The molecule has 25 heavy (non-hydrogen) atoms. The van der Waals surface area contributed by atoms with Gasteiger partial charge < -0.3 is 4.90 Å². The first-order valence-electron chi connectivity index (χ1n) is 10.1. The Labute approximate surface area is 155 Å². The first-order valence-corrected chi connectivity index (χ1v) is 11.7. The van der Waals surface area contributed by atoms with Crippen molar-refractivity contribution in [3.8, 4) is 0 Å². The van der Waals surface area contributed by atoms with Crippen LogP contribution >= 0.6 is 0 Å². The van der Waals surface area contributed by atoms with Crippen LogP contribution in [0.3, 0.4) is 0 Å². The van der Waals surface area contributed by atoms with E-state index in [1.165, 1.54) is 57.8 Å². The molecule has 0 saturated carbocycles. The molecule has 0 spiro atoms. The first-order chi connectivity index (χ1) is 11.9. The molecule has 6 heteroatoms. The maximum atomic E-state index is 12.1. The average Bonchev–Trinajstić information content (AvgIpc) is 2.55. The van der Waals surface area contributed by atoms with Crippen LogP contribution in [0.5, 0.6) is 0 Å². The molecule has 0 rings (SSSR count). The van der Waals surface area contributed by atoms with E-state index in [-0.39, 0.29) is 18.1 Å². The molecule has 0 fully saturated rings. The van der Waals surface area contributed by atoms with Crippen molar-refractivity contribution >= 4 is 16.0 Å². The summed E-state index contributed by atoms with van der Waals surface area (Å²) in [7, 11) is -3.93. The van der Waals surface area contributed by atoms with Crippen LogP contribution in [0.15, 0.2) is 0 Å². The number of hydrogen-bond acceptors (Lipinski definition) is 3. The third kappa shape index (κ3) is 16.6. The van der Waals surface area contributed by atoms with E-state index in [2.05, 4.69) is 6.92 Å². The van der Waals surface area contributed by atoms with Crippen molar-refractivity contribution in [3.63, 3.8) is 0 Å². The summed E-state index contributed by atoms with van der Waals surface area (Å²) >= 11 is 0. The van der Waals surface area contributed by atoms with E-state index < -0.39 is 10.1 Å². The quantitative estimate of drug-likeness (QED) is 0.291. The Bertz CT molecular complexity index is 423. The van der Waals surface area contributed by atoms with E-state index >= 15 is 0 Å². The van der Waals surface area contributed by atoms with Crippen molar-refractivity contribution in [2.75, 3.05) is 18.8 Å². The lowest BCUT2D eigenvalue weighted by Crippen LogP contribution is -2.32. The molecule has 0 aliphatic heterocycles. The number of unbranched alkanes of at least 4 members (excludes halogenated alkanes) is 10. The highest BCUT2D eigenvalue weighted by atomic mass is 32.2. The highest BCUT2D eigenvalue weighted by Crippen LogP contribution is 2.12. The highest BCUT2D eigenvalue weighted by molar-refractivity contribution is 7.85. The standard InChI is InChI=1S/C19H39NO4S/c1-3-5-6-7-8-9-10-11-12-13-14-16-19(21)20(4-2)17-15-18-25(22,23)24/h3-18H2,1-2H3,(H,22,23,24). The van der Waals surface area contributed by atoms with Crippen LogP contribution in [-0.4, -0.2) is 42.6 Å². The molecule has 1 N–H and O–H groups in total. The molecule has 5 nitrogen and oxygen atoms in total. The number of carbonyl (C=O) groups excluding carboxylic acids is 1. The van der Waals surface area contributed by atoms with Gasteiger partial charge >= 0.3 is 0 Å². The normalized spacial score (nSPS) is 11.6. The van der Waals surface area contributed by atoms with Crippen LogP contribution in [0, 0.1) is 0 Å². The molecular weight excluding hydrogens is 338 g/mol. The zero-order chi connectivity index (χ0) is 19.0. The second-order valence-corrected chi connectivity index (χ2v) is 8.47. The largest absolute Gasteiger partial charge is 0.343 e. The maximum absolute atomic E-state index is 12.1. The summed E-state index contributed by atoms with van der Waals surface area (Å²) in [5.74, 6) is -0.191. The van der Waals surface area contributed by atoms with Crippen molar-refractivity contribution in [2.24, 2.45) is 0 Å². The van der Waals surface area contributed by atoms with Crippen LogP contribution < -0.4 is 0 Å². The smallest absolute Gasteiger partial charge is 0.264 e. The minimum Gasteiger partial charge on any atom is -0.343 e. The van der Waals surface area contributed by atoms with Crippen LogP contribution in [-0.2, 0) is 14.9 Å². The fourth-order valence-electron chi connectivity index (χ4n) is 3.00. The van der Waals surface area contributed by atoms with Gasteiger partial charge in [-0.2, -0.15) is 8.42 Å². The van der Waals surface area contributed by atoms with Gasteiger partial charge in [-0.15, -0.1) is 0 Å². The summed E-state index contributed by atoms with van der Waals surface area (Å²) in [6.07, 6.45) is 14.7. The van der Waals surface area contributed by atoms with Gasteiger partial charge in [0.1, 0.15) is 0 Å². The molecule has 1 amide bonds. The fraction of sp³-hybridized carbons (Fsp3) is 0.947. The molecule has 0 saturated heterocycles. The predicted octanol–water partition coefficient (Wildman–Crippen LogP) is 4.81. The Morgan fingerprint density at radius 1 is 0.800 bits per heavy atom. The molecular formula is C19H39NO4S. The number of amides is 1. The molecule has 0 aromatic rings. The second kappa shape index (κ2) is 15.6. The van der Waals surface area contributed by atoms with E-state index in [1.54, 1.807) is 4.90 Å². The Morgan fingerprint density at radius 2 is 1.28 bits per heavy atom. The topological polar surface area (TPSA) is 74.7 Å². The Kier molecular flexibility index (Phi) is 15.2. The van der Waals surface area contributed by atoms with E-state index in [4.69, 9.17) is 4.55 Å². The SMILES string of the molecule is CCCCCCCCCCCCCC(=O)N(CC)CCCS(=O)(=O)O. The zero-order valence-corrected chi connectivity index (χ0v) is 17.2. The van der Waals surface area contributed by atoms with Gasteiger partial charge in [0, 0.05) is 19.5 Å². The average molecular weight is 378 g/mol. The summed E-state index contributed by atoms with van der Waals surface area (Å²) in [6, 6.07) is 0. The molecule has 0 radical (unpaired) electrons. The van der Waals surface area contributed by atoms with Gasteiger partial charge in [0.15, 0.2) is 0 Å².